The number of nitrogens with two attached hydrogens (primary N) is 1. The van der Waals surface area contributed by atoms with Crippen LogP contribution in [0.3, 0.4) is 0 Å². The van der Waals surface area contributed by atoms with Gasteiger partial charge in [-0.1, -0.05) is 60.7 Å². The second-order valence-electron chi connectivity index (χ2n) is 6.23. The van der Waals surface area contributed by atoms with E-state index >= 15 is 0 Å². The van der Waals surface area contributed by atoms with Crippen molar-refractivity contribution in [3.05, 3.63) is 111 Å². The minimum atomic E-state index is -4.19. The van der Waals surface area contributed by atoms with Gasteiger partial charge in [-0.25, -0.2) is 8.42 Å². The molecule has 148 valence electrons. The van der Waals surface area contributed by atoms with Crippen molar-refractivity contribution in [2.45, 2.75) is 10.9 Å². The molecule has 0 aliphatic rings. The van der Waals surface area contributed by atoms with E-state index in [1.54, 1.807) is 48.5 Å². The molecule has 0 saturated carbocycles. The van der Waals surface area contributed by atoms with E-state index in [0.717, 1.165) is 0 Å². The van der Waals surface area contributed by atoms with Crippen LogP contribution in [-0.2, 0) is 9.84 Å². The van der Waals surface area contributed by atoms with Gasteiger partial charge in [-0.3, -0.25) is 10.1 Å². The Labute approximate surface area is 167 Å². The standard InChI is InChI=1S/C21H18N2O5S/c22-19(16-10-7-11-17(14-16)23(25)26)21(20(24)15-8-3-1-4-9-15)29(27,28)18-12-5-2-6-13-18/h1-14,19,24H,22H2/b21-20+. The van der Waals surface area contributed by atoms with Gasteiger partial charge >= 0.3 is 0 Å². The molecule has 0 radical (unpaired) electrons. The minimum Gasteiger partial charge on any atom is -0.506 e. The zero-order valence-electron chi connectivity index (χ0n) is 15.2. The average Bonchev–Trinajstić information content (AvgIpc) is 2.75. The SMILES string of the molecule is NC(/C(=C(\O)c1ccccc1)S(=O)(=O)c1ccccc1)c1cccc([N+](=O)[O-])c1. The van der Waals surface area contributed by atoms with Crippen molar-refractivity contribution in [3.63, 3.8) is 0 Å². The fraction of sp³-hybridized carbons (Fsp3) is 0.0476. The number of rotatable bonds is 6. The van der Waals surface area contributed by atoms with Crippen molar-refractivity contribution < 1.29 is 18.4 Å². The number of hydrogen-bond donors (Lipinski definition) is 2. The number of aliphatic hydroxyl groups excluding tert-OH is 1. The van der Waals surface area contributed by atoms with Gasteiger partial charge in [-0.15, -0.1) is 0 Å². The highest BCUT2D eigenvalue weighted by atomic mass is 32.2. The molecule has 0 spiro atoms. The molecule has 3 aromatic carbocycles. The third-order valence-electron chi connectivity index (χ3n) is 4.35. The van der Waals surface area contributed by atoms with Crippen LogP contribution < -0.4 is 5.73 Å². The van der Waals surface area contributed by atoms with Crippen molar-refractivity contribution in [1.29, 1.82) is 0 Å². The Balaban J connectivity index is 2.24. The lowest BCUT2D eigenvalue weighted by Crippen LogP contribution is -2.22. The molecule has 1 unspecified atom stereocenters. The van der Waals surface area contributed by atoms with Gasteiger partial charge in [0.25, 0.3) is 5.69 Å². The molecule has 1 atom stereocenters. The summed E-state index contributed by atoms with van der Waals surface area (Å²) in [6.45, 7) is 0. The molecule has 0 amide bonds. The smallest absolute Gasteiger partial charge is 0.269 e. The van der Waals surface area contributed by atoms with Crippen LogP contribution in [0, 0.1) is 10.1 Å². The number of sulfone groups is 1. The van der Waals surface area contributed by atoms with Crippen LogP contribution in [-0.4, -0.2) is 18.4 Å². The maximum absolute atomic E-state index is 13.3. The van der Waals surface area contributed by atoms with Gasteiger partial charge in [0.15, 0.2) is 0 Å². The Morgan fingerprint density at radius 2 is 1.52 bits per heavy atom. The van der Waals surface area contributed by atoms with E-state index in [1.807, 2.05) is 0 Å². The number of aliphatic hydroxyl groups is 1. The molecule has 0 fully saturated rings. The first-order valence-corrected chi connectivity index (χ1v) is 10.1. The zero-order valence-corrected chi connectivity index (χ0v) is 16.0. The van der Waals surface area contributed by atoms with E-state index in [0.29, 0.717) is 0 Å². The summed E-state index contributed by atoms with van der Waals surface area (Å²) in [5, 5.41) is 22.0. The zero-order chi connectivity index (χ0) is 21.0. The monoisotopic (exact) mass is 410 g/mol. The first-order valence-electron chi connectivity index (χ1n) is 8.61. The molecule has 0 saturated heterocycles. The van der Waals surface area contributed by atoms with E-state index in [1.165, 1.54) is 36.4 Å². The summed E-state index contributed by atoms with van der Waals surface area (Å²) in [5.41, 5.74) is 6.48. The summed E-state index contributed by atoms with van der Waals surface area (Å²) in [6.07, 6.45) is 0. The van der Waals surface area contributed by atoms with Gasteiger partial charge in [-0.05, 0) is 17.7 Å². The van der Waals surface area contributed by atoms with Crippen LogP contribution >= 0.6 is 0 Å². The molecular formula is C21H18N2O5S. The third kappa shape index (κ3) is 4.18. The molecule has 3 N–H and O–H groups in total. The second-order valence-corrected chi connectivity index (χ2v) is 8.14. The van der Waals surface area contributed by atoms with Crippen molar-refractivity contribution in [1.82, 2.24) is 0 Å². The maximum atomic E-state index is 13.3. The van der Waals surface area contributed by atoms with Gasteiger partial charge in [0.05, 0.1) is 15.9 Å². The number of hydrogen-bond acceptors (Lipinski definition) is 6. The topological polar surface area (TPSA) is 124 Å². The fourth-order valence-corrected chi connectivity index (χ4v) is 4.50. The molecule has 3 rings (SSSR count). The number of benzene rings is 3. The Morgan fingerprint density at radius 1 is 0.931 bits per heavy atom. The minimum absolute atomic E-state index is 0.0432. The van der Waals surface area contributed by atoms with Gasteiger partial charge in [0, 0.05) is 17.7 Å². The fourth-order valence-electron chi connectivity index (χ4n) is 2.89. The predicted octanol–water partition coefficient (Wildman–Crippen LogP) is 4.00. The number of nitro benzene ring substituents is 1. The van der Waals surface area contributed by atoms with E-state index in [9.17, 15) is 23.6 Å². The largest absolute Gasteiger partial charge is 0.506 e. The molecule has 0 aliphatic carbocycles. The summed E-state index contributed by atoms with van der Waals surface area (Å²) in [7, 11) is -4.19. The quantitative estimate of drug-likeness (QED) is 0.360. The van der Waals surface area contributed by atoms with E-state index in [2.05, 4.69) is 0 Å². The molecule has 3 aromatic rings. The molecule has 0 heterocycles. The van der Waals surface area contributed by atoms with Crippen molar-refractivity contribution in [2.24, 2.45) is 5.73 Å². The van der Waals surface area contributed by atoms with Crippen LogP contribution in [0.4, 0.5) is 5.69 Å². The van der Waals surface area contributed by atoms with Crippen molar-refractivity contribution in [3.8, 4) is 0 Å². The first-order chi connectivity index (χ1) is 13.8. The highest BCUT2D eigenvalue weighted by molar-refractivity contribution is 7.95. The van der Waals surface area contributed by atoms with Crippen LogP contribution in [0.1, 0.15) is 17.2 Å². The lowest BCUT2D eigenvalue weighted by atomic mass is 10.0. The maximum Gasteiger partial charge on any atom is 0.269 e. The molecule has 0 aromatic heterocycles. The Morgan fingerprint density at radius 3 is 2.10 bits per heavy atom. The normalized spacial score (nSPS) is 13.4. The highest BCUT2D eigenvalue weighted by Crippen LogP contribution is 2.35. The summed E-state index contributed by atoms with van der Waals surface area (Å²) in [6, 6.07) is 19.8. The summed E-state index contributed by atoms with van der Waals surface area (Å²) < 4.78 is 26.7. The Hall–Kier alpha value is -3.49. The van der Waals surface area contributed by atoms with E-state index < -0.39 is 31.5 Å². The van der Waals surface area contributed by atoms with Gasteiger partial charge in [-0.2, -0.15) is 0 Å². The van der Waals surface area contributed by atoms with Crippen LogP contribution in [0.5, 0.6) is 0 Å². The third-order valence-corrected chi connectivity index (χ3v) is 6.27. The highest BCUT2D eigenvalue weighted by Gasteiger charge is 2.32. The Bertz CT molecular complexity index is 1160. The molecule has 29 heavy (non-hydrogen) atoms. The van der Waals surface area contributed by atoms with Gasteiger partial charge in [0.2, 0.25) is 9.84 Å². The van der Waals surface area contributed by atoms with E-state index in [4.69, 9.17) is 5.73 Å². The lowest BCUT2D eigenvalue weighted by Gasteiger charge is -2.19. The van der Waals surface area contributed by atoms with Crippen LogP contribution in [0.2, 0.25) is 0 Å². The summed E-state index contributed by atoms with van der Waals surface area (Å²) in [5.74, 6) is -0.506. The van der Waals surface area contributed by atoms with E-state index in [-0.39, 0.29) is 21.7 Å². The first kappa shape index (κ1) is 20.2. The predicted molar refractivity (Wildman–Crippen MR) is 110 cm³/mol. The number of non-ortho nitro benzene ring substituents is 1. The van der Waals surface area contributed by atoms with Crippen LogP contribution in [0.25, 0.3) is 5.76 Å². The van der Waals surface area contributed by atoms with Gasteiger partial charge < -0.3 is 10.8 Å². The number of nitrogens with zero attached hydrogens (tertiary/aromatic N) is 1. The van der Waals surface area contributed by atoms with Crippen molar-refractivity contribution >= 4 is 21.3 Å². The molecular weight excluding hydrogens is 392 g/mol. The Kier molecular flexibility index (Phi) is 5.76. The lowest BCUT2D eigenvalue weighted by molar-refractivity contribution is -0.384. The van der Waals surface area contributed by atoms with Crippen molar-refractivity contribution in [2.75, 3.05) is 0 Å². The number of nitro groups is 1. The molecule has 0 aliphatic heterocycles. The van der Waals surface area contributed by atoms with Crippen LogP contribution in [0.15, 0.2) is 94.7 Å². The summed E-state index contributed by atoms with van der Waals surface area (Å²) in [4.78, 5) is 10.0. The average molecular weight is 410 g/mol. The second kappa shape index (κ2) is 8.26. The summed E-state index contributed by atoms with van der Waals surface area (Å²) >= 11 is 0. The molecule has 7 nitrogen and oxygen atoms in total. The van der Waals surface area contributed by atoms with Gasteiger partial charge in [0.1, 0.15) is 10.7 Å². The molecule has 8 heteroatoms. The molecule has 0 bridgehead atoms.